The van der Waals surface area contributed by atoms with Crippen molar-refractivity contribution in [3.8, 4) is 11.5 Å². The number of carbonyl (C=O) groups is 2. The smallest absolute Gasteiger partial charge is 0.264 e. The molecule has 12 heteroatoms. The molecule has 50 heavy (non-hydrogen) atoms. The quantitative estimate of drug-likeness (QED) is 0.147. The van der Waals surface area contributed by atoms with Crippen LogP contribution in [0.1, 0.15) is 42.4 Å². The van der Waals surface area contributed by atoms with Crippen LogP contribution in [-0.4, -0.2) is 58.0 Å². The number of nitrogens with one attached hydrogen (secondary N) is 1. The molecule has 1 aliphatic carbocycles. The lowest BCUT2D eigenvalue weighted by Crippen LogP contribution is -2.54. The van der Waals surface area contributed by atoms with Crippen molar-refractivity contribution in [1.29, 1.82) is 0 Å². The SMILES string of the molecule is COc1ccc(S(=O)(=O)N(CC(=O)N(Cc2ccc(Cl)cc2Cl)C(Cc2ccccc2)C(=O)NC2CCCC2)c2ccc(C)cc2)cc1OC. The molecule has 1 atom stereocenters. The molecular formula is C38H41Cl2N3O6S. The average molecular weight is 739 g/mol. The van der Waals surface area contributed by atoms with E-state index in [1.807, 2.05) is 37.3 Å². The molecule has 1 saturated carbocycles. The molecule has 0 saturated heterocycles. The fraction of sp³-hybridized carbons (Fsp3) is 0.316. The summed E-state index contributed by atoms with van der Waals surface area (Å²) in [6.45, 7) is 1.21. The van der Waals surface area contributed by atoms with E-state index < -0.39 is 28.5 Å². The van der Waals surface area contributed by atoms with E-state index in [0.717, 1.165) is 41.1 Å². The molecule has 0 bridgehead atoms. The molecule has 0 aliphatic heterocycles. The van der Waals surface area contributed by atoms with Crippen LogP contribution < -0.4 is 19.1 Å². The minimum atomic E-state index is -4.36. The summed E-state index contributed by atoms with van der Waals surface area (Å²) in [5.41, 5.74) is 2.58. The van der Waals surface area contributed by atoms with Gasteiger partial charge in [0.1, 0.15) is 12.6 Å². The van der Waals surface area contributed by atoms with Gasteiger partial charge in [-0.3, -0.25) is 13.9 Å². The van der Waals surface area contributed by atoms with E-state index in [4.69, 9.17) is 32.7 Å². The summed E-state index contributed by atoms with van der Waals surface area (Å²) in [6, 6.07) is 24.5. The zero-order chi connectivity index (χ0) is 35.8. The summed E-state index contributed by atoms with van der Waals surface area (Å²) < 4.78 is 40.7. The van der Waals surface area contributed by atoms with Crippen molar-refractivity contribution in [2.75, 3.05) is 25.1 Å². The number of anilines is 1. The molecule has 1 unspecified atom stereocenters. The number of amides is 2. The van der Waals surface area contributed by atoms with Crippen LogP contribution in [0.4, 0.5) is 5.69 Å². The Morgan fingerprint density at radius 2 is 1.56 bits per heavy atom. The van der Waals surface area contributed by atoms with Crippen LogP contribution in [0, 0.1) is 6.92 Å². The Kier molecular flexibility index (Phi) is 12.3. The standard InChI is InChI=1S/C38H41Cl2N3O6S/c1-26-13-17-31(18-14-26)43(50(46,47)32-19-20-35(48-2)36(23-32)49-3)25-37(44)42(24-28-15-16-29(39)22-33(28)40)34(21-27-9-5-4-6-10-27)38(45)41-30-11-7-8-12-30/h4-6,9-10,13-20,22-23,30,34H,7-8,11-12,21,24-25H2,1-3H3,(H,41,45). The van der Waals surface area contributed by atoms with E-state index in [1.54, 1.807) is 42.5 Å². The minimum absolute atomic E-state index is 0.00803. The predicted octanol–water partition coefficient (Wildman–Crippen LogP) is 7.21. The molecule has 1 fully saturated rings. The Hall–Kier alpha value is -4.25. The molecule has 4 aromatic carbocycles. The van der Waals surface area contributed by atoms with Crippen molar-refractivity contribution >= 4 is 50.7 Å². The Labute approximate surface area is 304 Å². The number of aryl methyl sites for hydroxylation is 1. The van der Waals surface area contributed by atoms with Crippen LogP contribution in [0.3, 0.4) is 0 Å². The second-order valence-electron chi connectivity index (χ2n) is 12.3. The summed E-state index contributed by atoms with van der Waals surface area (Å²) in [5.74, 6) is -0.339. The van der Waals surface area contributed by atoms with Crippen LogP contribution >= 0.6 is 23.2 Å². The van der Waals surface area contributed by atoms with Gasteiger partial charge in [-0.2, -0.15) is 0 Å². The number of hydrogen-bond acceptors (Lipinski definition) is 6. The van der Waals surface area contributed by atoms with Gasteiger partial charge >= 0.3 is 0 Å². The number of nitrogens with zero attached hydrogens (tertiary/aromatic N) is 2. The molecular weight excluding hydrogens is 697 g/mol. The van der Waals surface area contributed by atoms with Gasteiger partial charge in [-0.05, 0) is 67.3 Å². The van der Waals surface area contributed by atoms with Crippen LogP contribution in [0.5, 0.6) is 11.5 Å². The van der Waals surface area contributed by atoms with Gasteiger partial charge in [-0.15, -0.1) is 0 Å². The largest absolute Gasteiger partial charge is 0.493 e. The molecule has 0 spiro atoms. The Morgan fingerprint density at radius 1 is 0.880 bits per heavy atom. The minimum Gasteiger partial charge on any atom is -0.493 e. The van der Waals surface area contributed by atoms with Crippen molar-refractivity contribution in [1.82, 2.24) is 10.2 Å². The third kappa shape index (κ3) is 8.91. The lowest BCUT2D eigenvalue weighted by atomic mass is 10.0. The zero-order valence-corrected chi connectivity index (χ0v) is 30.6. The lowest BCUT2D eigenvalue weighted by Gasteiger charge is -2.34. The van der Waals surface area contributed by atoms with Crippen molar-refractivity contribution in [3.05, 3.63) is 118 Å². The van der Waals surface area contributed by atoms with E-state index in [0.29, 0.717) is 21.4 Å². The van der Waals surface area contributed by atoms with Crippen LogP contribution in [0.15, 0.2) is 95.9 Å². The van der Waals surface area contributed by atoms with Crippen LogP contribution in [-0.2, 0) is 32.6 Å². The molecule has 1 N–H and O–H groups in total. The third-order valence-corrected chi connectivity index (χ3v) is 11.2. The van der Waals surface area contributed by atoms with Gasteiger partial charge in [-0.1, -0.05) is 90.1 Å². The Balaban J connectivity index is 1.60. The molecule has 264 valence electrons. The van der Waals surface area contributed by atoms with E-state index >= 15 is 0 Å². The lowest BCUT2D eigenvalue weighted by molar-refractivity contribution is -0.140. The zero-order valence-electron chi connectivity index (χ0n) is 28.3. The monoisotopic (exact) mass is 737 g/mol. The molecule has 1 aliphatic rings. The van der Waals surface area contributed by atoms with E-state index in [1.165, 1.54) is 37.3 Å². The number of ether oxygens (including phenoxy) is 2. The fourth-order valence-electron chi connectivity index (χ4n) is 6.10. The van der Waals surface area contributed by atoms with Crippen molar-refractivity contribution in [2.45, 2.75) is 62.6 Å². The number of hydrogen-bond donors (Lipinski definition) is 1. The second-order valence-corrected chi connectivity index (χ2v) is 15.0. The number of methoxy groups -OCH3 is 2. The molecule has 0 radical (unpaired) electrons. The summed E-state index contributed by atoms with van der Waals surface area (Å²) in [4.78, 5) is 30.3. The number of sulfonamides is 1. The highest BCUT2D eigenvalue weighted by Crippen LogP contribution is 2.33. The van der Waals surface area contributed by atoms with Crippen molar-refractivity contribution < 1.29 is 27.5 Å². The van der Waals surface area contributed by atoms with Crippen LogP contribution in [0.2, 0.25) is 10.0 Å². The number of halogens is 2. The maximum atomic E-state index is 14.8. The maximum absolute atomic E-state index is 14.8. The van der Waals surface area contributed by atoms with Gasteiger partial charge < -0.3 is 19.7 Å². The number of benzene rings is 4. The van der Waals surface area contributed by atoms with E-state index in [2.05, 4.69) is 5.32 Å². The molecule has 0 aromatic heterocycles. The Bertz CT molecular complexity index is 1900. The first-order valence-corrected chi connectivity index (χ1v) is 18.6. The van der Waals surface area contributed by atoms with Gasteiger partial charge in [0.15, 0.2) is 11.5 Å². The van der Waals surface area contributed by atoms with Crippen molar-refractivity contribution in [2.24, 2.45) is 0 Å². The van der Waals surface area contributed by atoms with Gasteiger partial charge in [0, 0.05) is 35.1 Å². The van der Waals surface area contributed by atoms with Gasteiger partial charge in [0.25, 0.3) is 10.0 Å². The average Bonchev–Trinajstić information content (AvgIpc) is 3.63. The highest BCUT2D eigenvalue weighted by Gasteiger charge is 2.36. The van der Waals surface area contributed by atoms with Crippen LogP contribution in [0.25, 0.3) is 0 Å². The molecule has 0 heterocycles. The summed E-state index contributed by atoms with van der Waals surface area (Å²) in [6.07, 6.45) is 3.92. The third-order valence-electron chi connectivity index (χ3n) is 8.87. The first-order valence-electron chi connectivity index (χ1n) is 16.4. The first kappa shape index (κ1) is 37.0. The van der Waals surface area contributed by atoms with Gasteiger partial charge in [0.05, 0.1) is 24.8 Å². The molecule has 5 rings (SSSR count). The topological polar surface area (TPSA) is 105 Å². The summed E-state index contributed by atoms with van der Waals surface area (Å²) in [5, 5.41) is 3.91. The summed E-state index contributed by atoms with van der Waals surface area (Å²) in [7, 11) is -1.48. The molecule has 4 aromatic rings. The normalized spacial score (nSPS) is 13.8. The van der Waals surface area contributed by atoms with Gasteiger partial charge in [-0.25, -0.2) is 8.42 Å². The Morgan fingerprint density at radius 3 is 2.20 bits per heavy atom. The number of rotatable bonds is 14. The summed E-state index contributed by atoms with van der Waals surface area (Å²) >= 11 is 12.8. The molecule has 2 amide bonds. The van der Waals surface area contributed by atoms with Crippen molar-refractivity contribution in [3.63, 3.8) is 0 Å². The molecule has 9 nitrogen and oxygen atoms in total. The second kappa shape index (κ2) is 16.6. The number of carbonyl (C=O) groups excluding carboxylic acids is 2. The highest BCUT2D eigenvalue weighted by molar-refractivity contribution is 7.92. The van der Waals surface area contributed by atoms with E-state index in [-0.39, 0.29) is 41.2 Å². The predicted molar refractivity (Wildman–Crippen MR) is 197 cm³/mol. The first-order chi connectivity index (χ1) is 24.0. The van der Waals surface area contributed by atoms with Gasteiger partial charge in [0.2, 0.25) is 11.8 Å². The van der Waals surface area contributed by atoms with E-state index in [9.17, 15) is 18.0 Å². The fourth-order valence-corrected chi connectivity index (χ4v) is 8.00. The highest BCUT2D eigenvalue weighted by atomic mass is 35.5. The maximum Gasteiger partial charge on any atom is 0.264 e.